The number of fused-ring (bicyclic) bond motifs is 16. The van der Waals surface area contributed by atoms with Crippen LogP contribution in [0.3, 0.4) is 0 Å². The van der Waals surface area contributed by atoms with Crippen LogP contribution in [-0.4, -0.2) is 4.92 Å². The molecule has 0 saturated carbocycles. The number of para-hydroxylation sites is 3. The van der Waals surface area contributed by atoms with Gasteiger partial charge in [-0.25, -0.2) is 0 Å². The van der Waals surface area contributed by atoms with Crippen molar-refractivity contribution in [2.75, 3.05) is 0 Å². The second-order valence-electron chi connectivity index (χ2n) is 15.2. The molecule has 0 bridgehead atoms. The molecule has 1 aliphatic rings. The van der Waals surface area contributed by atoms with Crippen LogP contribution in [0.15, 0.2) is 185 Å². The van der Waals surface area contributed by atoms with Crippen LogP contribution < -0.4 is 0 Å². The van der Waals surface area contributed by atoms with Gasteiger partial charge in [-0.15, -0.1) is 0 Å². The molecule has 0 amide bonds. The molecular formula is C53H31NO4. The summed E-state index contributed by atoms with van der Waals surface area (Å²) in [5.41, 5.74) is 10.9. The smallest absolute Gasteiger partial charge is 0.277 e. The molecule has 13 rings (SSSR count). The molecule has 1 aliphatic carbocycles. The van der Waals surface area contributed by atoms with Crippen LogP contribution in [0.4, 0.5) is 5.69 Å². The summed E-state index contributed by atoms with van der Waals surface area (Å²) in [6.45, 7) is 0. The Kier molecular flexibility index (Phi) is 6.93. The van der Waals surface area contributed by atoms with Gasteiger partial charge in [-0.1, -0.05) is 121 Å². The molecule has 0 atom stereocenters. The van der Waals surface area contributed by atoms with Crippen LogP contribution in [0.5, 0.6) is 0 Å². The fourth-order valence-electron chi connectivity index (χ4n) is 9.32. The summed E-state index contributed by atoms with van der Waals surface area (Å²) in [5.74, 6) is 0. The Morgan fingerprint density at radius 2 is 0.948 bits per heavy atom. The molecule has 10 aromatic carbocycles. The molecule has 0 spiro atoms. The predicted octanol–water partition coefficient (Wildman–Crippen LogP) is 14.9. The third-order valence-corrected chi connectivity index (χ3v) is 12.0. The normalized spacial score (nSPS) is 12.2. The number of benzene rings is 10. The highest BCUT2D eigenvalue weighted by atomic mass is 16.6. The molecule has 0 N–H and O–H groups in total. The van der Waals surface area contributed by atoms with E-state index in [1.54, 1.807) is 18.2 Å². The van der Waals surface area contributed by atoms with Gasteiger partial charge in [0.05, 0.1) is 10.5 Å². The second kappa shape index (κ2) is 12.4. The molecule has 0 unspecified atom stereocenters. The van der Waals surface area contributed by atoms with Crippen molar-refractivity contribution >= 4 is 92.7 Å². The number of nitrogens with zero attached hydrogens (tertiary/aromatic N) is 1. The zero-order valence-electron chi connectivity index (χ0n) is 31.0. The molecule has 272 valence electrons. The van der Waals surface area contributed by atoms with Crippen molar-refractivity contribution in [3.8, 4) is 22.3 Å². The lowest BCUT2D eigenvalue weighted by Crippen LogP contribution is -1.91. The van der Waals surface area contributed by atoms with Crippen LogP contribution >= 0.6 is 0 Å². The molecule has 0 fully saturated rings. The zero-order chi connectivity index (χ0) is 38.5. The number of furan rings is 2. The molecule has 58 heavy (non-hydrogen) atoms. The van der Waals surface area contributed by atoms with Crippen molar-refractivity contribution in [3.05, 3.63) is 197 Å². The minimum absolute atomic E-state index is 0.115. The summed E-state index contributed by atoms with van der Waals surface area (Å²) in [6, 6.07) is 60.1. The largest absolute Gasteiger partial charge is 0.456 e. The van der Waals surface area contributed by atoms with E-state index in [0.29, 0.717) is 5.56 Å². The van der Waals surface area contributed by atoms with E-state index in [-0.39, 0.29) is 10.6 Å². The minimum Gasteiger partial charge on any atom is -0.456 e. The fraction of sp³-hybridized carbons (Fsp3) is 0.0189. The maximum Gasteiger partial charge on any atom is 0.277 e. The zero-order valence-corrected chi connectivity index (χ0v) is 31.0. The van der Waals surface area contributed by atoms with Crippen LogP contribution in [0.25, 0.3) is 109 Å². The summed E-state index contributed by atoms with van der Waals surface area (Å²) in [7, 11) is 0. The minimum atomic E-state index is -0.333. The summed E-state index contributed by atoms with van der Waals surface area (Å²) in [5, 5.41) is 25.6. The van der Waals surface area contributed by atoms with E-state index in [2.05, 4.69) is 109 Å². The molecule has 5 heteroatoms. The van der Waals surface area contributed by atoms with Crippen molar-refractivity contribution in [1.82, 2.24) is 0 Å². The first-order valence-electron chi connectivity index (χ1n) is 19.5. The molecular weight excluding hydrogens is 715 g/mol. The van der Waals surface area contributed by atoms with Crippen molar-refractivity contribution in [1.29, 1.82) is 0 Å². The van der Waals surface area contributed by atoms with E-state index in [4.69, 9.17) is 8.83 Å². The summed E-state index contributed by atoms with van der Waals surface area (Å²) in [4.78, 5) is 11.1. The van der Waals surface area contributed by atoms with Crippen LogP contribution in [-0.2, 0) is 6.42 Å². The third kappa shape index (κ3) is 4.90. The van der Waals surface area contributed by atoms with Crippen LogP contribution in [0.1, 0.15) is 11.1 Å². The molecule has 2 heterocycles. The van der Waals surface area contributed by atoms with Gasteiger partial charge in [0.2, 0.25) is 0 Å². The van der Waals surface area contributed by atoms with Crippen molar-refractivity contribution in [3.63, 3.8) is 0 Å². The van der Waals surface area contributed by atoms with Crippen molar-refractivity contribution < 1.29 is 13.8 Å². The highest BCUT2D eigenvalue weighted by Crippen LogP contribution is 2.43. The Morgan fingerprint density at radius 3 is 1.66 bits per heavy atom. The SMILES string of the molecule is O=[N+]([O-])c1ccccc1-c1ccc2c(ccc3cc4oc5ccccc5c4cc32)c1.c1ccc2c(c1)Cc1c-2ccc2c1ccc1cc3oc4ccccc4c3cc12. The number of rotatable bonds is 2. The van der Waals surface area contributed by atoms with E-state index in [9.17, 15) is 10.1 Å². The number of nitro benzene ring substituents is 1. The van der Waals surface area contributed by atoms with Crippen molar-refractivity contribution in [2.45, 2.75) is 6.42 Å². The Labute approximate surface area is 331 Å². The number of hydrogen-bond acceptors (Lipinski definition) is 4. The molecule has 0 radical (unpaired) electrons. The molecule has 5 nitrogen and oxygen atoms in total. The monoisotopic (exact) mass is 745 g/mol. The highest BCUT2D eigenvalue weighted by molar-refractivity contribution is 6.18. The maximum atomic E-state index is 11.4. The van der Waals surface area contributed by atoms with E-state index in [1.165, 1.54) is 54.6 Å². The first kappa shape index (κ1) is 32.5. The molecule has 0 aliphatic heterocycles. The van der Waals surface area contributed by atoms with E-state index in [1.807, 2.05) is 48.5 Å². The fourth-order valence-corrected chi connectivity index (χ4v) is 9.32. The van der Waals surface area contributed by atoms with Gasteiger partial charge in [0.1, 0.15) is 22.3 Å². The second-order valence-corrected chi connectivity index (χ2v) is 15.2. The van der Waals surface area contributed by atoms with Gasteiger partial charge in [-0.2, -0.15) is 0 Å². The molecule has 0 saturated heterocycles. The summed E-state index contributed by atoms with van der Waals surface area (Å²) in [6.07, 6.45) is 1.02. The Hall–Kier alpha value is -7.76. The topological polar surface area (TPSA) is 69.4 Å². The predicted molar refractivity (Wildman–Crippen MR) is 238 cm³/mol. The van der Waals surface area contributed by atoms with Crippen LogP contribution in [0, 0.1) is 10.1 Å². The van der Waals surface area contributed by atoms with E-state index < -0.39 is 0 Å². The number of hydrogen-bond donors (Lipinski definition) is 0. The lowest BCUT2D eigenvalue weighted by Gasteiger charge is -2.09. The Bertz CT molecular complexity index is 3700. The maximum absolute atomic E-state index is 11.4. The van der Waals surface area contributed by atoms with E-state index in [0.717, 1.165) is 66.6 Å². The lowest BCUT2D eigenvalue weighted by molar-refractivity contribution is -0.384. The number of nitro groups is 1. The lowest BCUT2D eigenvalue weighted by atomic mass is 9.94. The quantitative estimate of drug-likeness (QED) is 0.100. The van der Waals surface area contributed by atoms with Crippen LogP contribution in [0.2, 0.25) is 0 Å². The summed E-state index contributed by atoms with van der Waals surface area (Å²) < 4.78 is 12.1. The Balaban J connectivity index is 0.000000126. The molecule has 12 aromatic rings. The highest BCUT2D eigenvalue weighted by Gasteiger charge is 2.21. The van der Waals surface area contributed by atoms with Gasteiger partial charge in [-0.3, -0.25) is 10.1 Å². The summed E-state index contributed by atoms with van der Waals surface area (Å²) >= 11 is 0. The van der Waals surface area contributed by atoms with Gasteiger partial charge in [-0.05, 0) is 126 Å². The van der Waals surface area contributed by atoms with Gasteiger partial charge < -0.3 is 8.83 Å². The Morgan fingerprint density at radius 1 is 0.397 bits per heavy atom. The van der Waals surface area contributed by atoms with E-state index >= 15 is 0 Å². The average Bonchev–Trinajstić information content (AvgIpc) is 3.95. The standard InChI is InChI=1S/C27H16O.C26H15NO3/c1-2-6-18-16(5-1)13-24-19(18)11-12-20-21(24)10-9-17-14-27-25(15-23(17)20)22-7-3-4-8-26(22)28-27;28-27(29)24-7-3-1-5-20(24)17-11-12-19-16(13-17)9-10-18-14-26-23(15-22(18)19)21-6-2-4-8-25(21)30-26/h1-12,14-15H,13H2;1-15H. The van der Waals surface area contributed by atoms with Gasteiger partial charge in [0.25, 0.3) is 5.69 Å². The first-order chi connectivity index (χ1) is 28.6. The first-order valence-corrected chi connectivity index (χ1v) is 19.5. The van der Waals surface area contributed by atoms with Gasteiger partial charge in [0.15, 0.2) is 0 Å². The van der Waals surface area contributed by atoms with Crippen molar-refractivity contribution in [2.24, 2.45) is 0 Å². The average molecular weight is 746 g/mol. The molecule has 2 aromatic heterocycles. The van der Waals surface area contributed by atoms with Gasteiger partial charge >= 0.3 is 0 Å². The van der Waals surface area contributed by atoms with Gasteiger partial charge in [0, 0.05) is 27.6 Å². The third-order valence-electron chi connectivity index (χ3n) is 12.0.